The zero-order valence-electron chi connectivity index (χ0n) is 74.9. The van der Waals surface area contributed by atoms with Crippen molar-refractivity contribution >= 4 is 115 Å². The second-order valence-corrected chi connectivity index (χ2v) is 35.7. The van der Waals surface area contributed by atoms with Gasteiger partial charge in [0, 0.05) is 147 Å². The van der Waals surface area contributed by atoms with Crippen molar-refractivity contribution in [3.05, 3.63) is 208 Å². The molecule has 4 fully saturated rings. The van der Waals surface area contributed by atoms with Crippen LogP contribution in [-0.2, 0) is 4.74 Å². The van der Waals surface area contributed by atoms with Gasteiger partial charge in [0.1, 0.15) is 108 Å². The number of amides is 3. The number of benzene rings is 4. The second-order valence-electron chi connectivity index (χ2n) is 34.1. The van der Waals surface area contributed by atoms with Crippen molar-refractivity contribution in [1.29, 1.82) is 0 Å². The number of nitrogens with two attached hydrogens (primary N) is 4. The molecule has 3 aliphatic heterocycles. The Morgan fingerprint density at radius 1 is 0.419 bits per heavy atom. The van der Waals surface area contributed by atoms with Gasteiger partial charge in [-0.25, -0.2) is 57.4 Å². The summed E-state index contributed by atoms with van der Waals surface area (Å²) >= 11 is 25.2. The standard InChI is InChI=1S/C24H29ClFN5O2.C23H27ClFN5O3.C23H27ClFN5O2.C23H26ClFN4O2/c1-13(2)33-21-16(14(3)23-29-15(4)20-22(27)28-8-11-31(20)23)12-17(25)19(26)18(21)24(32)30-9-6-5-7-10-30;1-12(2)33-20-15(13(3)22-28-11-17-21(26)27-6-7-30(17)22)10-16(24)19(25)18(20)23(31)29-14-4-8-32-9-5-14;1-12(2)32-20-15(11-16(24)18(25)17(20)23(31)29-8-5-6-9-29)13(3)22-28-14(4)19-21(26)27-7-10-30(19)22;1-11(2)31-21-15(10-16(24)18(25)17(21)20(30)14-6-5-7-14)12(3)23-28-13(4)19-22(26)27-8-9-29(19)23/h8,11-14H,5-7,9-10H2,1-4H3,(H2,27,28);6-7,10-14H,4-5,8-9H2,1-3H3,(H2,26,27)(H,29,31);7,10-13H,5-6,8-9H2,1-4H3,(H2,26,27);8-12,14H,5-7H2,1-4H3,(H2,26,27). The highest BCUT2D eigenvalue weighted by molar-refractivity contribution is 6.32. The Hall–Kier alpha value is -11.3. The first-order valence-electron chi connectivity index (χ1n) is 43.5. The SMILES string of the molecule is CC(C)Oc1c(C(C)c2ncc3c(N)nccn23)cc(Cl)c(F)c1C(=O)NC1CCOCC1.Cc1nc(C(C)c2cc(Cl)c(F)c(C(=O)C3CCC3)c2OC(C)C)n2ccnc(N)c12.Cc1nc(C(C)c2cc(Cl)c(F)c(C(=O)N3CCCC3)c2OC(C)C)n2ccnc(N)c12.Cc1nc(C(C)c2cc(Cl)c(F)c(C(=O)N3CCCCC3)c2OC(C)C)n2ccnc(N)c12. The number of nitrogens with zero attached hydrogens (tertiary/aromatic N) is 14. The van der Waals surface area contributed by atoms with Gasteiger partial charge in [-0.1, -0.05) is 80.5 Å². The van der Waals surface area contributed by atoms with Crippen LogP contribution in [0.3, 0.4) is 0 Å². The van der Waals surface area contributed by atoms with Crippen LogP contribution in [0.2, 0.25) is 20.1 Å². The number of piperidine rings is 1. The number of carbonyl (C=O) groups is 4. The summed E-state index contributed by atoms with van der Waals surface area (Å²) < 4.78 is 98.0. The lowest BCUT2D eigenvalue weighted by molar-refractivity contribution is 0.0689. The topological polar surface area (TPSA) is 358 Å². The van der Waals surface area contributed by atoms with Crippen LogP contribution in [0, 0.1) is 50.0 Å². The zero-order valence-corrected chi connectivity index (χ0v) is 77.9. The number of fused-ring (bicyclic) bond motifs is 4. The van der Waals surface area contributed by atoms with E-state index in [1.54, 1.807) is 65.6 Å². The molecule has 0 radical (unpaired) electrons. The molecule has 4 aromatic carbocycles. The summed E-state index contributed by atoms with van der Waals surface area (Å²) in [5, 5.41) is 2.41. The van der Waals surface area contributed by atoms with Crippen LogP contribution in [0.5, 0.6) is 23.0 Å². The van der Waals surface area contributed by atoms with Gasteiger partial charge in [0.15, 0.2) is 29.1 Å². The van der Waals surface area contributed by atoms with E-state index >= 15 is 17.6 Å². The predicted molar refractivity (Wildman–Crippen MR) is 490 cm³/mol. The summed E-state index contributed by atoms with van der Waals surface area (Å²) in [7, 11) is 0. The number of likely N-dealkylation sites (tertiary alicyclic amines) is 2. The lowest BCUT2D eigenvalue weighted by Gasteiger charge is -2.29. The van der Waals surface area contributed by atoms with E-state index in [1.165, 1.54) is 24.3 Å². The monoisotopic (exact) mass is 1850 g/mol. The molecule has 4 aliphatic rings. The Morgan fingerprint density at radius 2 is 0.736 bits per heavy atom. The number of hydrogen-bond donors (Lipinski definition) is 5. The quantitative estimate of drug-likeness (QED) is 0.0311. The van der Waals surface area contributed by atoms with E-state index in [1.807, 2.05) is 121 Å². The van der Waals surface area contributed by atoms with E-state index < -0.39 is 46.9 Å². The fourth-order valence-corrected chi connectivity index (χ4v) is 17.8. The number of aryl methyl sites for hydroxylation is 3. The molecule has 16 rings (SSSR count). The second kappa shape index (κ2) is 40.4. The maximum absolute atomic E-state index is 15.4. The van der Waals surface area contributed by atoms with Crippen LogP contribution in [0.1, 0.15) is 275 Å². The van der Waals surface area contributed by atoms with Gasteiger partial charge in [-0.2, -0.15) is 0 Å². The molecule has 28 nitrogen and oxygen atoms in total. The molecule has 8 aromatic heterocycles. The van der Waals surface area contributed by atoms with Crippen molar-refractivity contribution in [3.8, 4) is 23.0 Å². The van der Waals surface area contributed by atoms with Crippen LogP contribution in [0.15, 0.2) is 80.0 Å². The van der Waals surface area contributed by atoms with Gasteiger partial charge in [-0.15, -0.1) is 0 Å². The third-order valence-electron chi connectivity index (χ3n) is 23.5. The molecule has 3 amide bonds. The average Bonchev–Trinajstić information content (AvgIpc) is 1.66. The number of nitrogens with one attached hydrogen (secondary N) is 1. The molecule has 12 aromatic rings. The van der Waals surface area contributed by atoms with Crippen LogP contribution < -0.4 is 47.2 Å². The highest BCUT2D eigenvalue weighted by Crippen LogP contribution is 2.47. The van der Waals surface area contributed by atoms with E-state index in [0.717, 1.165) is 74.0 Å². The fraction of sp³-hybridized carbons (Fsp3) is 0.441. The summed E-state index contributed by atoms with van der Waals surface area (Å²) in [5.74, 6) is -1.35. The number of imidazole rings is 4. The molecule has 4 atom stereocenters. The van der Waals surface area contributed by atoms with Crippen LogP contribution in [-0.4, -0.2) is 161 Å². The Balaban J connectivity index is 0.000000147. The van der Waals surface area contributed by atoms with E-state index in [2.05, 4.69) is 30.2 Å². The lowest BCUT2D eigenvalue weighted by atomic mass is 9.79. The van der Waals surface area contributed by atoms with Crippen LogP contribution in [0.4, 0.5) is 40.8 Å². The highest BCUT2D eigenvalue weighted by atomic mass is 35.5. The number of ether oxygens (including phenoxy) is 5. The Kier molecular flexibility index (Phi) is 29.8. The van der Waals surface area contributed by atoms with E-state index in [-0.39, 0.29) is 125 Å². The number of ketones is 1. The van der Waals surface area contributed by atoms with E-state index in [9.17, 15) is 19.2 Å². The number of hydrogen-bond acceptors (Lipinski definition) is 21. The van der Waals surface area contributed by atoms with Gasteiger partial charge >= 0.3 is 0 Å². The first kappa shape index (κ1) is 95.3. The lowest BCUT2D eigenvalue weighted by Crippen LogP contribution is -2.39. The number of rotatable bonds is 22. The maximum Gasteiger partial charge on any atom is 0.260 e. The van der Waals surface area contributed by atoms with Gasteiger partial charge in [-0.05, 0) is 158 Å². The van der Waals surface area contributed by atoms with Crippen molar-refractivity contribution in [1.82, 2.24) is 72.6 Å². The minimum absolute atomic E-state index is 0.0495. The molecule has 686 valence electrons. The summed E-state index contributed by atoms with van der Waals surface area (Å²) in [4.78, 5) is 91.6. The van der Waals surface area contributed by atoms with Crippen LogP contribution in [0.25, 0.3) is 22.1 Å². The minimum atomic E-state index is -0.811. The summed E-state index contributed by atoms with van der Waals surface area (Å²) in [6.45, 7) is 31.4. The van der Waals surface area contributed by atoms with Gasteiger partial charge in [0.2, 0.25) is 0 Å². The molecule has 3 saturated heterocycles. The molecule has 9 N–H and O–H groups in total. The third-order valence-corrected chi connectivity index (χ3v) is 24.6. The molecule has 0 spiro atoms. The maximum atomic E-state index is 15.4. The molecule has 4 unspecified atom stereocenters. The molecule has 11 heterocycles. The van der Waals surface area contributed by atoms with Gasteiger partial charge in [0.25, 0.3) is 17.7 Å². The molecular weight excluding hydrogens is 1740 g/mol. The number of halogens is 8. The predicted octanol–water partition coefficient (Wildman–Crippen LogP) is 18.9. The minimum Gasteiger partial charge on any atom is -0.490 e. The van der Waals surface area contributed by atoms with Gasteiger partial charge in [-0.3, -0.25) is 36.8 Å². The number of carbonyl (C=O) groups excluding carboxylic acids is 4. The van der Waals surface area contributed by atoms with Crippen molar-refractivity contribution in [2.45, 2.75) is 222 Å². The van der Waals surface area contributed by atoms with Crippen molar-refractivity contribution in [2.24, 2.45) is 5.92 Å². The zero-order chi connectivity index (χ0) is 93.2. The Bertz CT molecular complexity index is 6220. The highest BCUT2D eigenvalue weighted by Gasteiger charge is 2.40. The first-order chi connectivity index (χ1) is 61.4. The largest absolute Gasteiger partial charge is 0.490 e. The van der Waals surface area contributed by atoms with Crippen molar-refractivity contribution in [3.63, 3.8) is 0 Å². The van der Waals surface area contributed by atoms with Crippen LogP contribution >= 0.6 is 46.4 Å². The number of aromatic nitrogens is 12. The summed E-state index contributed by atoms with van der Waals surface area (Å²) in [6.07, 6.45) is 22.5. The summed E-state index contributed by atoms with van der Waals surface area (Å²) in [5.41, 5.74) is 31.0. The summed E-state index contributed by atoms with van der Waals surface area (Å²) in [6, 6.07) is 5.99. The Morgan fingerprint density at radius 3 is 1.09 bits per heavy atom. The normalized spacial score (nSPS) is 15.3. The number of Topliss-reactive ketones (excluding diaryl/α,β-unsaturated/α-hetero) is 1. The van der Waals surface area contributed by atoms with Gasteiger partial charge in [0.05, 0.1) is 73.3 Å². The number of anilines is 4. The molecule has 129 heavy (non-hydrogen) atoms. The van der Waals surface area contributed by atoms with Gasteiger partial charge < -0.3 is 61.7 Å². The van der Waals surface area contributed by atoms with E-state index in [4.69, 9.17) is 108 Å². The molecular formula is C93H109Cl4F4N19O9. The Labute approximate surface area is 765 Å². The molecule has 0 bridgehead atoms. The van der Waals surface area contributed by atoms with Crippen molar-refractivity contribution < 1.29 is 60.4 Å². The molecule has 1 aliphatic carbocycles. The third kappa shape index (κ3) is 19.8. The molecule has 36 heteroatoms. The van der Waals surface area contributed by atoms with Crippen molar-refractivity contribution in [2.75, 3.05) is 62.3 Å². The average molecular weight is 1850 g/mol. The van der Waals surface area contributed by atoms with E-state index in [0.29, 0.717) is 138 Å². The first-order valence-corrected chi connectivity index (χ1v) is 45.0. The molecule has 1 saturated carbocycles. The smallest absolute Gasteiger partial charge is 0.260 e. The number of nitrogen functional groups attached to an aromatic ring is 4. The fourth-order valence-electron chi connectivity index (χ4n) is 16.9.